The van der Waals surface area contributed by atoms with Gasteiger partial charge >= 0.3 is 5.97 Å². The summed E-state index contributed by atoms with van der Waals surface area (Å²) < 4.78 is 5.31. The number of hydrogen-bond acceptors (Lipinski definition) is 3. The molecule has 4 nitrogen and oxygen atoms in total. The molecule has 0 aromatic carbocycles. The predicted molar refractivity (Wildman–Crippen MR) is 53.2 cm³/mol. The van der Waals surface area contributed by atoms with E-state index in [-0.39, 0.29) is 12.0 Å². The van der Waals surface area contributed by atoms with Gasteiger partial charge in [-0.1, -0.05) is 6.92 Å². The molecule has 1 heterocycles. The Bertz CT molecular complexity index is 208. The topological polar surface area (TPSA) is 49.8 Å². The lowest BCUT2D eigenvalue weighted by molar-refractivity contribution is -0.144. The third kappa shape index (κ3) is 2.45. The third-order valence-electron chi connectivity index (χ3n) is 3.06. The van der Waals surface area contributed by atoms with Gasteiger partial charge in [0, 0.05) is 18.6 Å². The zero-order valence-corrected chi connectivity index (χ0v) is 9.06. The van der Waals surface area contributed by atoms with Crippen molar-refractivity contribution in [1.82, 2.24) is 4.90 Å². The highest BCUT2D eigenvalue weighted by Crippen LogP contribution is 2.17. The first-order valence-corrected chi connectivity index (χ1v) is 5.10. The van der Waals surface area contributed by atoms with Crippen molar-refractivity contribution in [2.24, 2.45) is 5.92 Å². The summed E-state index contributed by atoms with van der Waals surface area (Å²) in [5, 5.41) is 8.91. The maximum atomic E-state index is 10.8. The molecule has 0 radical (unpaired) electrons. The molecule has 14 heavy (non-hydrogen) atoms. The molecular weight excluding hydrogens is 182 g/mol. The first-order chi connectivity index (χ1) is 6.54. The fourth-order valence-electron chi connectivity index (χ4n) is 1.84. The highest BCUT2D eigenvalue weighted by molar-refractivity contribution is 5.70. The second-order valence-corrected chi connectivity index (χ2v) is 4.03. The van der Waals surface area contributed by atoms with Crippen LogP contribution in [0.3, 0.4) is 0 Å². The molecule has 1 saturated heterocycles. The predicted octanol–water partition coefficient (Wildman–Crippen LogP) is 0.816. The Morgan fingerprint density at radius 1 is 1.57 bits per heavy atom. The fraction of sp³-hybridized carbons (Fsp3) is 0.900. The first kappa shape index (κ1) is 11.5. The number of aliphatic carboxylic acids is 1. The van der Waals surface area contributed by atoms with E-state index < -0.39 is 5.97 Å². The van der Waals surface area contributed by atoms with E-state index in [0.29, 0.717) is 19.3 Å². The van der Waals surface area contributed by atoms with Crippen LogP contribution in [0.1, 0.15) is 20.8 Å². The summed E-state index contributed by atoms with van der Waals surface area (Å²) in [6, 6.07) is 0.395. The van der Waals surface area contributed by atoms with Gasteiger partial charge in [0.2, 0.25) is 0 Å². The van der Waals surface area contributed by atoms with Gasteiger partial charge in [0.1, 0.15) is 0 Å². The molecule has 0 aliphatic carbocycles. The minimum absolute atomic E-state index is 0.0754. The standard InChI is InChI=1S/C10H19NO3/c1-7-6-14-5-4-11(7)9(3)8(2)10(12)13/h7-9H,4-6H2,1-3H3,(H,12,13). The lowest BCUT2D eigenvalue weighted by Gasteiger charge is -2.39. The average Bonchev–Trinajstić information content (AvgIpc) is 2.16. The summed E-state index contributed by atoms with van der Waals surface area (Å²) in [5.74, 6) is -1.05. The highest BCUT2D eigenvalue weighted by Gasteiger charge is 2.30. The largest absolute Gasteiger partial charge is 0.481 e. The van der Waals surface area contributed by atoms with Crippen LogP contribution in [-0.4, -0.2) is 47.8 Å². The van der Waals surface area contributed by atoms with Gasteiger partial charge in [0.05, 0.1) is 19.1 Å². The van der Waals surface area contributed by atoms with E-state index in [1.54, 1.807) is 6.92 Å². The normalized spacial score (nSPS) is 28.4. The SMILES string of the molecule is CC(C(=O)O)C(C)N1CCOCC1C. The van der Waals surface area contributed by atoms with E-state index >= 15 is 0 Å². The molecule has 0 amide bonds. The Labute approximate surface area is 84.8 Å². The molecule has 1 N–H and O–H groups in total. The maximum Gasteiger partial charge on any atom is 0.307 e. The molecule has 1 aliphatic rings. The van der Waals surface area contributed by atoms with E-state index in [1.807, 2.05) is 6.92 Å². The molecular formula is C10H19NO3. The van der Waals surface area contributed by atoms with Crippen LogP contribution in [0.25, 0.3) is 0 Å². The molecule has 0 spiro atoms. The van der Waals surface area contributed by atoms with E-state index in [1.165, 1.54) is 0 Å². The molecule has 3 unspecified atom stereocenters. The average molecular weight is 201 g/mol. The smallest absolute Gasteiger partial charge is 0.307 e. The Morgan fingerprint density at radius 2 is 2.21 bits per heavy atom. The zero-order chi connectivity index (χ0) is 10.7. The van der Waals surface area contributed by atoms with Gasteiger partial charge in [-0.05, 0) is 13.8 Å². The van der Waals surface area contributed by atoms with Crippen molar-refractivity contribution in [1.29, 1.82) is 0 Å². The number of carboxylic acid groups (broad SMARTS) is 1. The van der Waals surface area contributed by atoms with Crippen molar-refractivity contribution < 1.29 is 14.6 Å². The lowest BCUT2D eigenvalue weighted by Crippen LogP contribution is -2.51. The van der Waals surface area contributed by atoms with Gasteiger partial charge in [-0.25, -0.2) is 0 Å². The van der Waals surface area contributed by atoms with E-state index in [4.69, 9.17) is 9.84 Å². The summed E-state index contributed by atoms with van der Waals surface area (Å²) in [6.07, 6.45) is 0. The molecule has 1 rings (SSSR count). The summed E-state index contributed by atoms with van der Waals surface area (Å²) in [6.45, 7) is 8.05. The number of morpholine rings is 1. The van der Waals surface area contributed by atoms with Crippen molar-refractivity contribution >= 4 is 5.97 Å². The Morgan fingerprint density at radius 3 is 2.71 bits per heavy atom. The molecule has 0 bridgehead atoms. The quantitative estimate of drug-likeness (QED) is 0.734. The number of hydrogen-bond donors (Lipinski definition) is 1. The van der Waals surface area contributed by atoms with Crippen LogP contribution in [0, 0.1) is 5.92 Å². The van der Waals surface area contributed by atoms with Crippen molar-refractivity contribution in [2.45, 2.75) is 32.9 Å². The second kappa shape index (κ2) is 4.75. The molecule has 0 saturated carbocycles. The van der Waals surface area contributed by atoms with Crippen LogP contribution in [0.5, 0.6) is 0 Å². The van der Waals surface area contributed by atoms with E-state index in [2.05, 4.69) is 11.8 Å². The van der Waals surface area contributed by atoms with Gasteiger partial charge in [-0.2, -0.15) is 0 Å². The molecule has 0 aromatic heterocycles. The maximum absolute atomic E-state index is 10.8. The van der Waals surface area contributed by atoms with Crippen LogP contribution >= 0.6 is 0 Å². The minimum atomic E-state index is -0.726. The number of nitrogens with zero attached hydrogens (tertiary/aromatic N) is 1. The molecule has 82 valence electrons. The van der Waals surface area contributed by atoms with Crippen molar-refractivity contribution in [2.75, 3.05) is 19.8 Å². The number of ether oxygens (including phenoxy) is 1. The Hall–Kier alpha value is -0.610. The van der Waals surface area contributed by atoms with Crippen molar-refractivity contribution in [3.8, 4) is 0 Å². The minimum Gasteiger partial charge on any atom is -0.481 e. The second-order valence-electron chi connectivity index (χ2n) is 4.03. The van der Waals surface area contributed by atoms with Crippen LogP contribution in [0.4, 0.5) is 0 Å². The monoisotopic (exact) mass is 201 g/mol. The fourth-order valence-corrected chi connectivity index (χ4v) is 1.84. The van der Waals surface area contributed by atoms with Crippen LogP contribution < -0.4 is 0 Å². The van der Waals surface area contributed by atoms with E-state index in [9.17, 15) is 4.79 Å². The summed E-state index contributed by atoms with van der Waals surface area (Å²) in [4.78, 5) is 13.0. The molecule has 3 atom stereocenters. The Kier molecular flexibility index (Phi) is 3.89. The number of rotatable bonds is 3. The van der Waals surface area contributed by atoms with Gasteiger partial charge in [-0.3, -0.25) is 9.69 Å². The number of carboxylic acids is 1. The third-order valence-corrected chi connectivity index (χ3v) is 3.06. The molecule has 4 heteroatoms. The van der Waals surface area contributed by atoms with Gasteiger partial charge in [0.25, 0.3) is 0 Å². The molecule has 1 fully saturated rings. The van der Waals surface area contributed by atoms with Gasteiger partial charge in [-0.15, -0.1) is 0 Å². The summed E-state index contributed by atoms with van der Waals surface area (Å²) in [7, 11) is 0. The first-order valence-electron chi connectivity index (χ1n) is 5.10. The van der Waals surface area contributed by atoms with Crippen molar-refractivity contribution in [3.63, 3.8) is 0 Å². The lowest BCUT2D eigenvalue weighted by atomic mass is 10.0. The van der Waals surface area contributed by atoms with Crippen molar-refractivity contribution in [3.05, 3.63) is 0 Å². The van der Waals surface area contributed by atoms with Crippen LogP contribution in [0.2, 0.25) is 0 Å². The zero-order valence-electron chi connectivity index (χ0n) is 9.06. The van der Waals surface area contributed by atoms with Gasteiger partial charge in [0.15, 0.2) is 0 Å². The highest BCUT2D eigenvalue weighted by atomic mass is 16.5. The van der Waals surface area contributed by atoms with Crippen LogP contribution in [-0.2, 0) is 9.53 Å². The summed E-state index contributed by atoms with van der Waals surface area (Å²) in [5.41, 5.74) is 0. The molecule has 0 aromatic rings. The van der Waals surface area contributed by atoms with Crippen LogP contribution in [0.15, 0.2) is 0 Å². The Balaban J connectivity index is 2.57. The van der Waals surface area contributed by atoms with Gasteiger partial charge < -0.3 is 9.84 Å². The van der Waals surface area contributed by atoms with E-state index in [0.717, 1.165) is 6.54 Å². The summed E-state index contributed by atoms with van der Waals surface area (Å²) >= 11 is 0. The number of carbonyl (C=O) groups is 1. The molecule has 1 aliphatic heterocycles.